The highest BCUT2D eigenvalue weighted by Gasteiger charge is 2.52. The van der Waals surface area contributed by atoms with Crippen molar-refractivity contribution in [2.24, 2.45) is 11.8 Å². The standard InChI is InChI=1S/C30H34N4O/c35-29-12-10-25-28-11-9-22(19-33(28)15-13-20-17-31-26-7-3-1-5-23(20)26)30(25)34(29)16-14-21-18-32-27-8-4-2-6-24(21)27/h1-8,17-18,22,25,28,30-32H,9-16,19H2/t22-,25-,28-,30+/m1/s1. The molecule has 5 heterocycles. The molecule has 2 N–H and O–H groups in total. The van der Waals surface area contributed by atoms with Crippen LogP contribution in [0.4, 0.5) is 0 Å². The molecule has 0 unspecified atom stereocenters. The summed E-state index contributed by atoms with van der Waals surface area (Å²) in [6.45, 7) is 3.11. The van der Waals surface area contributed by atoms with Crippen LogP contribution in [0.1, 0.15) is 36.8 Å². The Bertz CT molecular complexity index is 1370. The van der Waals surface area contributed by atoms with Crippen LogP contribution >= 0.6 is 0 Å². The predicted molar refractivity (Wildman–Crippen MR) is 140 cm³/mol. The Morgan fingerprint density at radius 1 is 0.800 bits per heavy atom. The van der Waals surface area contributed by atoms with E-state index < -0.39 is 0 Å². The summed E-state index contributed by atoms with van der Waals surface area (Å²) < 4.78 is 0. The molecule has 180 valence electrons. The fourth-order valence-electron chi connectivity index (χ4n) is 7.60. The Morgan fingerprint density at radius 3 is 2.17 bits per heavy atom. The van der Waals surface area contributed by atoms with E-state index in [1.165, 1.54) is 45.8 Å². The van der Waals surface area contributed by atoms with Gasteiger partial charge in [-0.2, -0.15) is 0 Å². The summed E-state index contributed by atoms with van der Waals surface area (Å²) in [7, 11) is 0. The minimum atomic E-state index is 0.379. The molecular weight excluding hydrogens is 432 g/mol. The number of amides is 1. The van der Waals surface area contributed by atoms with E-state index in [-0.39, 0.29) is 0 Å². The molecule has 2 aromatic carbocycles. The first-order valence-electron chi connectivity index (χ1n) is 13.4. The molecular formula is C30H34N4O. The molecule has 35 heavy (non-hydrogen) atoms. The quantitative estimate of drug-likeness (QED) is 0.414. The number of hydrogen-bond donors (Lipinski definition) is 2. The summed E-state index contributed by atoms with van der Waals surface area (Å²) in [6, 6.07) is 18.2. The van der Waals surface area contributed by atoms with Crippen LogP contribution < -0.4 is 0 Å². The highest BCUT2D eigenvalue weighted by molar-refractivity contribution is 5.84. The molecule has 4 aromatic rings. The van der Waals surface area contributed by atoms with Crippen LogP contribution in [0.5, 0.6) is 0 Å². The average molecular weight is 467 g/mol. The van der Waals surface area contributed by atoms with E-state index in [2.05, 4.69) is 80.7 Å². The number of fused-ring (bicyclic) bond motifs is 4. The predicted octanol–water partition coefficient (Wildman–Crippen LogP) is 5.14. The van der Waals surface area contributed by atoms with Gasteiger partial charge in [0.25, 0.3) is 0 Å². The summed E-state index contributed by atoms with van der Waals surface area (Å²) >= 11 is 0. The van der Waals surface area contributed by atoms with Gasteiger partial charge in [-0.3, -0.25) is 9.69 Å². The molecule has 5 heteroatoms. The topological polar surface area (TPSA) is 55.1 Å². The van der Waals surface area contributed by atoms with Crippen LogP contribution in [0.25, 0.3) is 21.8 Å². The van der Waals surface area contributed by atoms with E-state index in [4.69, 9.17) is 0 Å². The third-order valence-corrected chi connectivity index (χ3v) is 9.20. The summed E-state index contributed by atoms with van der Waals surface area (Å²) in [5, 5.41) is 2.65. The SMILES string of the molecule is O=C1CC[C@H]2[C@H]([C@@H]3CC[C@H]2N(CCc2c[nH]c4ccccc24)C3)N1CCc1c[nH]c2ccccc12. The number of hydrogen-bond acceptors (Lipinski definition) is 2. The maximum Gasteiger partial charge on any atom is 0.222 e. The number of carbonyl (C=O) groups is 1. The first kappa shape index (κ1) is 21.3. The smallest absolute Gasteiger partial charge is 0.222 e. The minimum absolute atomic E-state index is 0.379. The van der Waals surface area contributed by atoms with Gasteiger partial charge in [0.1, 0.15) is 0 Å². The highest BCUT2D eigenvalue weighted by Crippen LogP contribution is 2.46. The second kappa shape index (κ2) is 8.56. The molecule has 1 saturated carbocycles. The van der Waals surface area contributed by atoms with Gasteiger partial charge in [-0.15, -0.1) is 0 Å². The lowest BCUT2D eigenvalue weighted by Gasteiger charge is -2.59. The number of likely N-dealkylation sites (tertiary alicyclic amines) is 1. The van der Waals surface area contributed by atoms with Crippen LogP contribution in [0, 0.1) is 11.8 Å². The average Bonchev–Trinajstić information content (AvgIpc) is 3.51. The van der Waals surface area contributed by atoms with Crippen molar-refractivity contribution in [3.05, 3.63) is 72.1 Å². The first-order chi connectivity index (χ1) is 17.3. The molecule has 3 saturated heterocycles. The van der Waals surface area contributed by atoms with Crippen molar-refractivity contribution in [2.45, 2.75) is 50.6 Å². The third-order valence-electron chi connectivity index (χ3n) is 9.20. The maximum atomic E-state index is 13.1. The van der Waals surface area contributed by atoms with E-state index in [0.717, 1.165) is 38.9 Å². The van der Waals surface area contributed by atoms with Crippen molar-refractivity contribution in [2.75, 3.05) is 19.6 Å². The zero-order valence-corrected chi connectivity index (χ0v) is 20.2. The Hall–Kier alpha value is -3.05. The Morgan fingerprint density at radius 2 is 1.46 bits per heavy atom. The van der Waals surface area contributed by atoms with Crippen LogP contribution in [-0.2, 0) is 17.6 Å². The van der Waals surface area contributed by atoms with Gasteiger partial charge < -0.3 is 14.9 Å². The fourth-order valence-corrected chi connectivity index (χ4v) is 7.60. The van der Waals surface area contributed by atoms with E-state index in [0.29, 0.717) is 36.2 Å². The van der Waals surface area contributed by atoms with Crippen LogP contribution in [0.15, 0.2) is 60.9 Å². The number of nitrogens with one attached hydrogen (secondary N) is 2. The zero-order valence-electron chi connectivity index (χ0n) is 20.2. The van der Waals surface area contributed by atoms with Crippen molar-refractivity contribution >= 4 is 27.7 Å². The highest BCUT2D eigenvalue weighted by atomic mass is 16.2. The number of piperidine rings is 3. The van der Waals surface area contributed by atoms with Crippen molar-refractivity contribution < 1.29 is 4.79 Å². The lowest BCUT2D eigenvalue weighted by molar-refractivity contribution is -0.153. The van der Waals surface area contributed by atoms with Crippen LogP contribution in [-0.4, -0.2) is 57.4 Å². The normalized spacial score (nSPS) is 26.6. The Labute approximate surface area is 206 Å². The minimum Gasteiger partial charge on any atom is -0.361 e. The number of benzene rings is 2. The number of aromatic nitrogens is 2. The maximum absolute atomic E-state index is 13.1. The van der Waals surface area contributed by atoms with Gasteiger partial charge in [0.05, 0.1) is 0 Å². The number of rotatable bonds is 6. The van der Waals surface area contributed by atoms with E-state index >= 15 is 0 Å². The molecule has 0 spiro atoms. The molecule has 0 radical (unpaired) electrons. The zero-order chi connectivity index (χ0) is 23.4. The third kappa shape index (κ3) is 3.59. The fraction of sp³-hybridized carbons (Fsp3) is 0.433. The first-order valence-corrected chi connectivity index (χ1v) is 13.4. The number of H-pyrrole nitrogens is 2. The van der Waals surface area contributed by atoms with Crippen LogP contribution in [0.3, 0.4) is 0 Å². The Kier molecular flexibility index (Phi) is 5.20. The second-order valence-electron chi connectivity index (χ2n) is 10.9. The van der Waals surface area contributed by atoms with Gasteiger partial charge >= 0.3 is 0 Å². The molecule has 4 aliphatic rings. The summed E-state index contributed by atoms with van der Waals surface area (Å²) in [5.41, 5.74) is 5.18. The molecule has 4 atom stereocenters. The van der Waals surface area contributed by atoms with Gasteiger partial charge in [-0.1, -0.05) is 36.4 Å². The van der Waals surface area contributed by atoms with E-state index in [1.807, 2.05) is 0 Å². The molecule has 5 nitrogen and oxygen atoms in total. The van der Waals surface area contributed by atoms with Gasteiger partial charge in [0.15, 0.2) is 0 Å². The number of nitrogens with zero attached hydrogens (tertiary/aromatic N) is 2. The van der Waals surface area contributed by atoms with Gasteiger partial charge in [-0.05, 0) is 67.2 Å². The summed E-state index contributed by atoms with van der Waals surface area (Å²) in [5.74, 6) is 1.62. The lowest BCUT2D eigenvalue weighted by Crippen LogP contribution is -2.67. The number of para-hydroxylation sites is 2. The molecule has 1 amide bonds. The van der Waals surface area contributed by atoms with Gasteiger partial charge in [0, 0.05) is 72.3 Å². The Balaban J connectivity index is 1.06. The summed E-state index contributed by atoms with van der Waals surface area (Å²) in [4.78, 5) is 25.0. The van der Waals surface area contributed by atoms with Gasteiger partial charge in [-0.25, -0.2) is 0 Å². The molecule has 4 fully saturated rings. The van der Waals surface area contributed by atoms with Crippen molar-refractivity contribution in [3.8, 4) is 0 Å². The van der Waals surface area contributed by atoms with E-state index in [9.17, 15) is 4.79 Å². The molecule has 1 aliphatic carbocycles. The number of carbonyl (C=O) groups excluding carboxylic acids is 1. The van der Waals surface area contributed by atoms with Crippen molar-refractivity contribution in [3.63, 3.8) is 0 Å². The monoisotopic (exact) mass is 466 g/mol. The van der Waals surface area contributed by atoms with E-state index in [1.54, 1.807) is 0 Å². The molecule has 2 aromatic heterocycles. The molecule has 8 rings (SSSR count). The van der Waals surface area contributed by atoms with Crippen LogP contribution in [0.2, 0.25) is 0 Å². The molecule has 3 aliphatic heterocycles. The van der Waals surface area contributed by atoms with Crippen molar-refractivity contribution in [1.82, 2.24) is 19.8 Å². The second-order valence-corrected chi connectivity index (χ2v) is 10.9. The van der Waals surface area contributed by atoms with Crippen molar-refractivity contribution in [1.29, 1.82) is 0 Å². The number of aromatic amines is 2. The summed E-state index contributed by atoms with van der Waals surface area (Å²) in [6.07, 6.45) is 10.7. The lowest BCUT2D eigenvalue weighted by atomic mass is 9.65. The molecule has 2 bridgehead atoms. The van der Waals surface area contributed by atoms with Gasteiger partial charge in [0.2, 0.25) is 5.91 Å². The largest absolute Gasteiger partial charge is 0.361 e.